The topological polar surface area (TPSA) is 68.0 Å². The number of halogens is 3. The van der Waals surface area contributed by atoms with Gasteiger partial charge in [-0.2, -0.15) is 13.2 Å². The highest BCUT2D eigenvalue weighted by molar-refractivity contribution is 7.99. The number of thioether (sulfide) groups is 1. The van der Waals surface area contributed by atoms with Crippen molar-refractivity contribution >= 4 is 17.7 Å². The Kier molecular flexibility index (Phi) is 6.58. The number of aromatic nitrogens is 2. The van der Waals surface area contributed by atoms with E-state index in [4.69, 9.17) is 4.42 Å². The Labute approximate surface area is 169 Å². The number of nitrogens with zero attached hydrogens (tertiary/aromatic N) is 2. The molecule has 0 aliphatic rings. The number of hydrogen-bond acceptors (Lipinski definition) is 5. The van der Waals surface area contributed by atoms with Crippen LogP contribution in [-0.2, 0) is 17.5 Å². The molecule has 0 radical (unpaired) electrons. The molecular weight excluding hydrogens is 403 g/mol. The zero-order valence-corrected chi connectivity index (χ0v) is 16.3. The second-order valence-electron chi connectivity index (χ2n) is 6.24. The van der Waals surface area contributed by atoms with Crippen molar-refractivity contribution in [2.24, 2.45) is 0 Å². The molecule has 1 aromatic carbocycles. The van der Waals surface area contributed by atoms with Gasteiger partial charge in [-0.05, 0) is 25.1 Å². The first-order valence-corrected chi connectivity index (χ1v) is 9.75. The zero-order chi connectivity index (χ0) is 20.9. The minimum absolute atomic E-state index is 0.0192. The normalized spacial score (nSPS) is 11.4. The van der Waals surface area contributed by atoms with Crippen LogP contribution in [0.15, 0.2) is 58.3 Å². The number of hydrogen-bond donors (Lipinski definition) is 1. The summed E-state index contributed by atoms with van der Waals surface area (Å²) >= 11 is 1.01. The molecule has 0 bridgehead atoms. The molecule has 0 saturated heterocycles. The minimum Gasteiger partial charge on any atom is -0.467 e. The van der Waals surface area contributed by atoms with E-state index in [1.165, 1.54) is 6.26 Å². The van der Waals surface area contributed by atoms with Gasteiger partial charge in [-0.3, -0.25) is 4.79 Å². The predicted molar refractivity (Wildman–Crippen MR) is 103 cm³/mol. The molecule has 3 aromatic rings. The molecule has 2 aromatic heterocycles. The molecule has 0 spiro atoms. The summed E-state index contributed by atoms with van der Waals surface area (Å²) in [7, 11) is 0. The highest BCUT2D eigenvalue weighted by atomic mass is 32.2. The fraction of sp³-hybridized carbons (Fsp3) is 0.250. The zero-order valence-electron chi connectivity index (χ0n) is 15.5. The van der Waals surface area contributed by atoms with Gasteiger partial charge in [-0.1, -0.05) is 41.6 Å². The van der Waals surface area contributed by atoms with Crippen LogP contribution >= 0.6 is 11.8 Å². The summed E-state index contributed by atoms with van der Waals surface area (Å²) in [5, 5.41) is 2.66. The molecule has 152 valence electrons. The largest absolute Gasteiger partial charge is 0.467 e. The molecule has 0 saturated carbocycles. The minimum atomic E-state index is -4.59. The lowest BCUT2D eigenvalue weighted by Crippen LogP contribution is -2.22. The first-order chi connectivity index (χ1) is 13.8. The first kappa shape index (κ1) is 20.9. The lowest BCUT2D eigenvalue weighted by molar-refractivity contribution is -0.141. The number of rotatable bonds is 7. The Hall–Kier alpha value is -2.81. The van der Waals surface area contributed by atoms with E-state index in [0.717, 1.165) is 23.4 Å². The third-order valence-electron chi connectivity index (χ3n) is 3.94. The summed E-state index contributed by atoms with van der Waals surface area (Å²) in [6.45, 7) is 2.15. The van der Waals surface area contributed by atoms with Gasteiger partial charge < -0.3 is 9.73 Å². The Balaban J connectivity index is 1.66. The molecule has 0 unspecified atom stereocenters. The maximum absolute atomic E-state index is 13.2. The Morgan fingerprint density at radius 2 is 1.93 bits per heavy atom. The van der Waals surface area contributed by atoms with Crippen LogP contribution in [-0.4, -0.2) is 21.6 Å². The molecule has 9 heteroatoms. The maximum Gasteiger partial charge on any atom is 0.433 e. The lowest BCUT2D eigenvalue weighted by Gasteiger charge is -2.11. The SMILES string of the molecule is Cc1ccc(-c2cc(C(F)(F)F)nc(SCCC(=O)NCc3ccco3)n2)cc1. The fourth-order valence-electron chi connectivity index (χ4n) is 2.43. The summed E-state index contributed by atoms with van der Waals surface area (Å²) < 4.78 is 44.8. The van der Waals surface area contributed by atoms with Gasteiger partial charge in [0.25, 0.3) is 0 Å². The van der Waals surface area contributed by atoms with Crippen molar-refractivity contribution in [3.05, 3.63) is 65.7 Å². The van der Waals surface area contributed by atoms with Crippen molar-refractivity contribution in [1.82, 2.24) is 15.3 Å². The first-order valence-electron chi connectivity index (χ1n) is 8.76. The molecule has 29 heavy (non-hydrogen) atoms. The van der Waals surface area contributed by atoms with E-state index in [-0.39, 0.29) is 35.5 Å². The lowest BCUT2D eigenvalue weighted by atomic mass is 10.1. The van der Waals surface area contributed by atoms with E-state index >= 15 is 0 Å². The molecule has 3 rings (SSSR count). The number of nitrogens with one attached hydrogen (secondary N) is 1. The van der Waals surface area contributed by atoms with Crippen molar-refractivity contribution in [1.29, 1.82) is 0 Å². The van der Waals surface area contributed by atoms with E-state index in [9.17, 15) is 18.0 Å². The number of furan rings is 1. The van der Waals surface area contributed by atoms with Crippen LogP contribution < -0.4 is 5.32 Å². The Bertz CT molecular complexity index is 958. The second kappa shape index (κ2) is 9.13. The van der Waals surface area contributed by atoms with Gasteiger partial charge in [0.05, 0.1) is 18.5 Å². The van der Waals surface area contributed by atoms with Crippen LogP contribution in [0.4, 0.5) is 13.2 Å². The molecule has 0 fully saturated rings. The number of carbonyl (C=O) groups is 1. The van der Waals surface area contributed by atoms with Crippen molar-refractivity contribution in [3.8, 4) is 11.3 Å². The smallest absolute Gasteiger partial charge is 0.433 e. The molecule has 5 nitrogen and oxygen atoms in total. The molecule has 0 atom stereocenters. The highest BCUT2D eigenvalue weighted by Crippen LogP contribution is 2.32. The number of benzene rings is 1. The van der Waals surface area contributed by atoms with Gasteiger partial charge in [0.2, 0.25) is 5.91 Å². The van der Waals surface area contributed by atoms with Crippen LogP contribution in [0.3, 0.4) is 0 Å². The second-order valence-corrected chi connectivity index (χ2v) is 7.30. The van der Waals surface area contributed by atoms with E-state index in [2.05, 4.69) is 15.3 Å². The third kappa shape index (κ3) is 6.08. The molecule has 0 aliphatic carbocycles. The van der Waals surface area contributed by atoms with Crippen molar-refractivity contribution in [2.75, 3.05) is 5.75 Å². The fourth-order valence-corrected chi connectivity index (χ4v) is 3.23. The van der Waals surface area contributed by atoms with Gasteiger partial charge in [0.15, 0.2) is 5.16 Å². The Morgan fingerprint density at radius 3 is 2.59 bits per heavy atom. The molecule has 1 N–H and O–H groups in total. The maximum atomic E-state index is 13.2. The van der Waals surface area contributed by atoms with Gasteiger partial charge in [-0.15, -0.1) is 0 Å². The van der Waals surface area contributed by atoms with E-state index in [1.807, 2.05) is 6.92 Å². The van der Waals surface area contributed by atoms with Crippen LogP contribution in [0, 0.1) is 6.92 Å². The number of alkyl halides is 3. The monoisotopic (exact) mass is 421 g/mol. The number of amides is 1. The van der Waals surface area contributed by atoms with E-state index in [1.54, 1.807) is 36.4 Å². The number of carbonyl (C=O) groups excluding carboxylic acids is 1. The predicted octanol–water partition coefficient (Wildman–Crippen LogP) is 4.86. The van der Waals surface area contributed by atoms with Crippen molar-refractivity contribution in [3.63, 3.8) is 0 Å². The highest BCUT2D eigenvalue weighted by Gasteiger charge is 2.33. The average Bonchev–Trinajstić information content (AvgIpc) is 3.20. The summed E-state index contributed by atoms with van der Waals surface area (Å²) in [6.07, 6.45) is -2.96. The van der Waals surface area contributed by atoms with Crippen LogP contribution in [0.5, 0.6) is 0 Å². The van der Waals surface area contributed by atoms with Gasteiger partial charge in [0.1, 0.15) is 11.5 Å². The van der Waals surface area contributed by atoms with E-state index < -0.39 is 11.9 Å². The van der Waals surface area contributed by atoms with Crippen LogP contribution in [0.25, 0.3) is 11.3 Å². The number of aryl methyl sites for hydroxylation is 1. The van der Waals surface area contributed by atoms with Crippen LogP contribution in [0.2, 0.25) is 0 Å². The summed E-state index contributed by atoms with van der Waals surface area (Å²) in [6, 6.07) is 11.4. The summed E-state index contributed by atoms with van der Waals surface area (Å²) in [4.78, 5) is 19.7. The Morgan fingerprint density at radius 1 is 1.17 bits per heavy atom. The van der Waals surface area contributed by atoms with Crippen molar-refractivity contribution < 1.29 is 22.4 Å². The van der Waals surface area contributed by atoms with Gasteiger partial charge in [-0.25, -0.2) is 9.97 Å². The quantitative estimate of drug-likeness (QED) is 0.436. The summed E-state index contributed by atoms with van der Waals surface area (Å²) in [5.41, 5.74) is 0.750. The third-order valence-corrected chi connectivity index (χ3v) is 4.79. The van der Waals surface area contributed by atoms with Gasteiger partial charge >= 0.3 is 6.18 Å². The summed E-state index contributed by atoms with van der Waals surface area (Å²) in [5.74, 6) is 0.633. The van der Waals surface area contributed by atoms with Gasteiger partial charge in [0, 0.05) is 17.7 Å². The standard InChI is InChI=1S/C20H18F3N3O2S/c1-13-4-6-14(7-5-13)16-11-17(20(21,22)23)26-19(25-16)29-10-8-18(27)24-12-15-3-2-9-28-15/h2-7,9,11H,8,10,12H2,1H3,(H,24,27). The van der Waals surface area contributed by atoms with E-state index in [0.29, 0.717) is 11.3 Å². The molecular formula is C20H18F3N3O2S. The van der Waals surface area contributed by atoms with Crippen molar-refractivity contribution in [2.45, 2.75) is 31.2 Å². The molecule has 0 aliphatic heterocycles. The average molecular weight is 421 g/mol. The molecule has 2 heterocycles. The molecule has 1 amide bonds. The van der Waals surface area contributed by atoms with Crippen LogP contribution in [0.1, 0.15) is 23.4 Å².